The summed E-state index contributed by atoms with van der Waals surface area (Å²) in [5.74, 6) is -0.0568. The molecule has 0 spiro atoms. The summed E-state index contributed by atoms with van der Waals surface area (Å²) < 4.78 is 11.6. The van der Waals surface area contributed by atoms with Crippen molar-refractivity contribution in [3.05, 3.63) is 59.7 Å². The maximum atomic E-state index is 11.8. The molecular weight excluding hydrogens is 342 g/mol. The SMILES string of the molecule is CCOc1cc(CC(C(=O)O)c2ccccc2)ccc1OCCCN(C)C. The second kappa shape index (κ2) is 10.6. The van der Waals surface area contributed by atoms with Crippen LogP contribution in [0, 0.1) is 0 Å². The van der Waals surface area contributed by atoms with Crippen molar-refractivity contribution in [1.82, 2.24) is 4.90 Å². The Labute approximate surface area is 161 Å². The van der Waals surface area contributed by atoms with Gasteiger partial charge in [0.25, 0.3) is 0 Å². The van der Waals surface area contributed by atoms with Crippen LogP contribution in [0.15, 0.2) is 48.5 Å². The van der Waals surface area contributed by atoms with Crippen molar-refractivity contribution >= 4 is 5.97 Å². The number of rotatable bonds is 11. The molecule has 0 fully saturated rings. The lowest BCUT2D eigenvalue weighted by Crippen LogP contribution is -2.16. The summed E-state index contributed by atoms with van der Waals surface area (Å²) in [6.45, 7) is 4.02. The van der Waals surface area contributed by atoms with E-state index in [1.54, 1.807) is 0 Å². The first-order valence-electron chi connectivity index (χ1n) is 9.32. The lowest BCUT2D eigenvalue weighted by Gasteiger charge is -2.16. The Hall–Kier alpha value is -2.53. The average molecular weight is 371 g/mol. The van der Waals surface area contributed by atoms with Gasteiger partial charge in [0.15, 0.2) is 11.5 Å². The molecule has 0 saturated carbocycles. The Kier molecular flexibility index (Phi) is 8.14. The quantitative estimate of drug-likeness (QED) is 0.609. The molecule has 0 bridgehead atoms. The number of hydrogen-bond donors (Lipinski definition) is 1. The third-order valence-electron chi connectivity index (χ3n) is 4.26. The molecule has 0 heterocycles. The fraction of sp³-hybridized carbons (Fsp3) is 0.409. The maximum absolute atomic E-state index is 11.8. The van der Waals surface area contributed by atoms with Crippen molar-refractivity contribution in [2.45, 2.75) is 25.7 Å². The number of carboxylic acids is 1. The zero-order valence-electron chi connectivity index (χ0n) is 16.4. The molecule has 2 aromatic rings. The average Bonchev–Trinajstić information content (AvgIpc) is 2.65. The maximum Gasteiger partial charge on any atom is 0.311 e. The molecule has 0 amide bonds. The van der Waals surface area contributed by atoms with Gasteiger partial charge in [-0.3, -0.25) is 4.79 Å². The van der Waals surface area contributed by atoms with E-state index in [9.17, 15) is 9.90 Å². The van der Waals surface area contributed by atoms with Crippen LogP contribution >= 0.6 is 0 Å². The first-order valence-corrected chi connectivity index (χ1v) is 9.32. The van der Waals surface area contributed by atoms with Crippen molar-refractivity contribution in [2.24, 2.45) is 0 Å². The summed E-state index contributed by atoms with van der Waals surface area (Å²) in [5, 5.41) is 9.64. The van der Waals surface area contributed by atoms with Gasteiger partial charge < -0.3 is 19.5 Å². The predicted octanol–water partition coefficient (Wildman–Crippen LogP) is 3.83. The highest BCUT2D eigenvalue weighted by molar-refractivity contribution is 5.76. The van der Waals surface area contributed by atoms with Crippen molar-refractivity contribution in [3.8, 4) is 11.5 Å². The van der Waals surface area contributed by atoms with Gasteiger partial charge in [0.05, 0.1) is 19.1 Å². The van der Waals surface area contributed by atoms with Gasteiger partial charge in [0.1, 0.15) is 0 Å². The predicted molar refractivity (Wildman–Crippen MR) is 107 cm³/mol. The molecule has 2 rings (SSSR count). The minimum atomic E-state index is -0.830. The van der Waals surface area contributed by atoms with E-state index in [2.05, 4.69) is 4.90 Å². The van der Waals surface area contributed by atoms with Crippen LogP contribution in [0.3, 0.4) is 0 Å². The fourth-order valence-corrected chi connectivity index (χ4v) is 2.90. The Bertz CT molecular complexity index is 716. The summed E-state index contributed by atoms with van der Waals surface area (Å²) in [7, 11) is 4.07. The number of benzene rings is 2. The van der Waals surface area contributed by atoms with Crippen LogP contribution in [-0.2, 0) is 11.2 Å². The molecule has 0 aliphatic carbocycles. The highest BCUT2D eigenvalue weighted by Crippen LogP contribution is 2.31. The zero-order valence-corrected chi connectivity index (χ0v) is 16.4. The van der Waals surface area contributed by atoms with Crippen molar-refractivity contribution < 1.29 is 19.4 Å². The molecular formula is C22H29NO4. The fourth-order valence-electron chi connectivity index (χ4n) is 2.90. The molecule has 0 aliphatic heterocycles. The van der Waals surface area contributed by atoms with Crippen LogP contribution in [0.2, 0.25) is 0 Å². The number of aliphatic carboxylic acids is 1. The van der Waals surface area contributed by atoms with Crippen LogP contribution in [0.25, 0.3) is 0 Å². The summed E-state index contributed by atoms with van der Waals surface area (Å²) in [6, 6.07) is 15.0. The third kappa shape index (κ3) is 6.61. The van der Waals surface area contributed by atoms with E-state index in [0.29, 0.717) is 31.1 Å². The van der Waals surface area contributed by atoms with E-state index in [1.165, 1.54) is 0 Å². The summed E-state index contributed by atoms with van der Waals surface area (Å²) in [5.41, 5.74) is 1.71. The smallest absolute Gasteiger partial charge is 0.311 e. The number of carbonyl (C=O) groups is 1. The Morgan fingerprint density at radius 1 is 1.07 bits per heavy atom. The van der Waals surface area contributed by atoms with E-state index in [-0.39, 0.29) is 0 Å². The largest absolute Gasteiger partial charge is 0.490 e. The number of hydrogen-bond acceptors (Lipinski definition) is 4. The lowest BCUT2D eigenvalue weighted by atomic mass is 9.92. The van der Waals surface area contributed by atoms with Crippen molar-refractivity contribution in [2.75, 3.05) is 33.9 Å². The molecule has 146 valence electrons. The normalized spacial score (nSPS) is 12.0. The summed E-state index contributed by atoms with van der Waals surface area (Å²) >= 11 is 0. The van der Waals surface area contributed by atoms with Crippen LogP contribution in [-0.4, -0.2) is 49.8 Å². The van der Waals surface area contributed by atoms with Gasteiger partial charge in [-0.05, 0) is 57.1 Å². The monoisotopic (exact) mass is 371 g/mol. The molecule has 27 heavy (non-hydrogen) atoms. The molecule has 2 aromatic carbocycles. The van der Waals surface area contributed by atoms with Gasteiger partial charge in [0.2, 0.25) is 0 Å². The molecule has 0 radical (unpaired) electrons. The minimum Gasteiger partial charge on any atom is -0.490 e. The molecule has 0 aromatic heterocycles. The summed E-state index contributed by atoms with van der Waals surface area (Å²) in [6.07, 6.45) is 1.33. The molecule has 1 N–H and O–H groups in total. The first kappa shape index (κ1) is 20.8. The second-order valence-electron chi connectivity index (χ2n) is 6.73. The van der Waals surface area contributed by atoms with Crippen molar-refractivity contribution in [1.29, 1.82) is 0 Å². The van der Waals surface area contributed by atoms with Gasteiger partial charge in [-0.15, -0.1) is 0 Å². The number of ether oxygens (including phenoxy) is 2. The van der Waals surface area contributed by atoms with Crippen LogP contribution in [0.4, 0.5) is 0 Å². The lowest BCUT2D eigenvalue weighted by molar-refractivity contribution is -0.138. The Morgan fingerprint density at radius 3 is 2.44 bits per heavy atom. The zero-order chi connectivity index (χ0) is 19.6. The van der Waals surface area contributed by atoms with Gasteiger partial charge in [-0.25, -0.2) is 0 Å². The van der Waals surface area contributed by atoms with Crippen LogP contribution in [0.5, 0.6) is 11.5 Å². The van der Waals surface area contributed by atoms with Gasteiger partial charge >= 0.3 is 5.97 Å². The van der Waals surface area contributed by atoms with E-state index in [0.717, 1.165) is 24.1 Å². The Morgan fingerprint density at radius 2 is 1.81 bits per heavy atom. The van der Waals surface area contributed by atoms with E-state index >= 15 is 0 Å². The highest BCUT2D eigenvalue weighted by Gasteiger charge is 2.21. The number of nitrogens with zero attached hydrogens (tertiary/aromatic N) is 1. The molecule has 0 saturated heterocycles. The van der Waals surface area contributed by atoms with Crippen molar-refractivity contribution in [3.63, 3.8) is 0 Å². The highest BCUT2D eigenvalue weighted by atomic mass is 16.5. The number of carboxylic acid groups (broad SMARTS) is 1. The molecule has 5 nitrogen and oxygen atoms in total. The van der Waals surface area contributed by atoms with Crippen LogP contribution in [0.1, 0.15) is 30.4 Å². The second-order valence-corrected chi connectivity index (χ2v) is 6.73. The topological polar surface area (TPSA) is 59.0 Å². The van der Waals surface area contributed by atoms with E-state index < -0.39 is 11.9 Å². The van der Waals surface area contributed by atoms with Gasteiger partial charge in [0, 0.05) is 6.54 Å². The summed E-state index contributed by atoms with van der Waals surface area (Å²) in [4.78, 5) is 13.9. The minimum absolute atomic E-state index is 0.403. The molecule has 1 unspecified atom stereocenters. The standard InChI is InChI=1S/C22H29NO4/c1-4-26-21-16-17(11-12-20(21)27-14-8-13-23(2)3)15-19(22(24)25)18-9-6-5-7-10-18/h5-7,9-12,16,19H,4,8,13-15H2,1-3H3,(H,24,25). The van der Waals surface area contributed by atoms with Crippen LogP contribution < -0.4 is 9.47 Å². The molecule has 1 atom stereocenters. The van der Waals surface area contributed by atoms with Gasteiger partial charge in [-0.1, -0.05) is 36.4 Å². The molecule has 5 heteroatoms. The van der Waals surface area contributed by atoms with E-state index in [1.807, 2.05) is 69.6 Å². The first-order chi connectivity index (χ1) is 13.0. The Balaban J connectivity index is 2.12. The molecule has 0 aliphatic rings. The van der Waals surface area contributed by atoms with E-state index in [4.69, 9.17) is 9.47 Å². The van der Waals surface area contributed by atoms with Gasteiger partial charge in [-0.2, -0.15) is 0 Å². The third-order valence-corrected chi connectivity index (χ3v) is 4.26.